The van der Waals surface area contributed by atoms with E-state index < -0.39 is 13.1 Å². The molecule has 1 aliphatic heterocycles. The van der Waals surface area contributed by atoms with Crippen molar-refractivity contribution in [2.75, 3.05) is 6.61 Å². The van der Waals surface area contributed by atoms with Gasteiger partial charge in [0, 0.05) is 6.92 Å². The van der Waals surface area contributed by atoms with Gasteiger partial charge in [-0.2, -0.15) is 0 Å². The third kappa shape index (κ3) is 1.29. The summed E-state index contributed by atoms with van der Waals surface area (Å²) >= 11 is 0. The fourth-order valence-corrected chi connectivity index (χ4v) is 2.00. The van der Waals surface area contributed by atoms with Gasteiger partial charge in [0.05, 0.1) is 12.7 Å². The Kier molecular flexibility index (Phi) is 1.95. The zero-order chi connectivity index (χ0) is 7.78. The molecule has 0 aromatic rings. The molecule has 0 aromatic carbocycles. The lowest BCUT2D eigenvalue weighted by Gasteiger charge is -2.03. The average Bonchev–Trinajstić information content (AvgIpc) is 2.13. The number of hydrogen-bond acceptors (Lipinski definition) is 4. The molecule has 58 valence electrons. The van der Waals surface area contributed by atoms with Crippen LogP contribution in [0.2, 0.25) is 0 Å². The van der Waals surface area contributed by atoms with Crippen LogP contribution in [-0.4, -0.2) is 18.2 Å². The van der Waals surface area contributed by atoms with Crippen molar-refractivity contribution < 1.29 is 18.4 Å². The second kappa shape index (κ2) is 2.46. The molecule has 0 spiro atoms. The van der Waals surface area contributed by atoms with Crippen LogP contribution in [0.15, 0.2) is 0 Å². The van der Waals surface area contributed by atoms with E-state index in [0.717, 1.165) is 0 Å². The Morgan fingerprint density at radius 2 is 2.30 bits per heavy atom. The third-order valence-corrected chi connectivity index (χ3v) is 3.08. The molecule has 2 atom stereocenters. The lowest BCUT2D eigenvalue weighted by Crippen LogP contribution is -2.00. The van der Waals surface area contributed by atoms with Gasteiger partial charge in [0.1, 0.15) is 0 Å². The molecule has 0 aromatic heterocycles. The molecule has 5 heteroatoms. The van der Waals surface area contributed by atoms with Crippen LogP contribution in [0.4, 0.5) is 0 Å². The van der Waals surface area contributed by atoms with Gasteiger partial charge in [-0.25, -0.2) is 0 Å². The SMILES string of the molecule is CC(=O)P1(=O)OCC(C)O1. The first kappa shape index (κ1) is 7.92. The molecule has 0 N–H and O–H groups in total. The number of hydrogen-bond donors (Lipinski definition) is 0. The van der Waals surface area contributed by atoms with E-state index in [0.29, 0.717) is 0 Å². The summed E-state index contributed by atoms with van der Waals surface area (Å²) < 4.78 is 20.6. The molecule has 10 heavy (non-hydrogen) atoms. The van der Waals surface area contributed by atoms with Crippen LogP contribution < -0.4 is 0 Å². The molecule has 2 unspecified atom stereocenters. The summed E-state index contributed by atoms with van der Waals surface area (Å²) in [7, 11) is -3.34. The maximum absolute atomic E-state index is 11.1. The number of carbonyl (C=O) groups excluding carboxylic acids is 1. The highest BCUT2D eigenvalue weighted by molar-refractivity contribution is 7.71. The lowest BCUT2D eigenvalue weighted by molar-refractivity contribution is -0.111. The minimum Gasteiger partial charge on any atom is -0.300 e. The Bertz CT molecular complexity index is 200. The summed E-state index contributed by atoms with van der Waals surface area (Å²) in [5.74, 6) is 0. The molecule has 1 heterocycles. The van der Waals surface area contributed by atoms with E-state index in [1.54, 1.807) is 6.92 Å². The van der Waals surface area contributed by atoms with E-state index in [1.165, 1.54) is 6.92 Å². The number of carbonyl (C=O) groups is 1. The molecule has 4 nitrogen and oxygen atoms in total. The van der Waals surface area contributed by atoms with Crippen LogP contribution >= 0.6 is 7.60 Å². The normalized spacial score (nSPS) is 40.0. The fourth-order valence-electron chi connectivity index (χ4n) is 0.666. The van der Waals surface area contributed by atoms with Crippen molar-refractivity contribution in [3.05, 3.63) is 0 Å². The molecular formula is C5H9O4P. The molecule has 1 saturated heterocycles. The summed E-state index contributed by atoms with van der Waals surface area (Å²) in [6.07, 6.45) is -0.227. The van der Waals surface area contributed by atoms with Gasteiger partial charge >= 0.3 is 7.60 Å². The van der Waals surface area contributed by atoms with Crippen molar-refractivity contribution in [2.24, 2.45) is 0 Å². The minimum atomic E-state index is -3.34. The van der Waals surface area contributed by atoms with E-state index >= 15 is 0 Å². The van der Waals surface area contributed by atoms with Gasteiger partial charge in [-0.15, -0.1) is 0 Å². The first-order valence-corrected chi connectivity index (χ1v) is 4.53. The molecule has 0 radical (unpaired) electrons. The molecule has 0 amide bonds. The van der Waals surface area contributed by atoms with Gasteiger partial charge in [0.2, 0.25) is 5.52 Å². The van der Waals surface area contributed by atoms with Crippen LogP contribution in [0.1, 0.15) is 13.8 Å². The topological polar surface area (TPSA) is 52.6 Å². The summed E-state index contributed by atoms with van der Waals surface area (Å²) in [4.78, 5) is 10.6. The first-order chi connectivity index (χ1) is 4.54. The smallest absolute Gasteiger partial charge is 0.300 e. The quantitative estimate of drug-likeness (QED) is 0.545. The highest BCUT2D eigenvalue weighted by atomic mass is 31.2. The summed E-state index contributed by atoms with van der Waals surface area (Å²) in [5, 5.41) is 0. The van der Waals surface area contributed by atoms with E-state index in [2.05, 4.69) is 0 Å². The van der Waals surface area contributed by atoms with Crippen molar-refractivity contribution in [1.82, 2.24) is 0 Å². The van der Waals surface area contributed by atoms with E-state index in [4.69, 9.17) is 9.05 Å². The summed E-state index contributed by atoms with van der Waals surface area (Å²) in [6.45, 7) is 3.16. The largest absolute Gasteiger partial charge is 0.396 e. The zero-order valence-electron chi connectivity index (χ0n) is 5.86. The maximum atomic E-state index is 11.1. The molecule has 0 bridgehead atoms. The monoisotopic (exact) mass is 164 g/mol. The van der Waals surface area contributed by atoms with Gasteiger partial charge in [-0.3, -0.25) is 13.9 Å². The van der Waals surface area contributed by atoms with Crippen LogP contribution in [-0.2, 0) is 18.4 Å². The van der Waals surface area contributed by atoms with Gasteiger partial charge in [-0.1, -0.05) is 0 Å². The Morgan fingerprint density at radius 1 is 1.70 bits per heavy atom. The molecule has 0 aliphatic carbocycles. The minimum absolute atomic E-state index is 0.227. The predicted octanol–water partition coefficient (Wildman–Crippen LogP) is 1.16. The Hall–Kier alpha value is -0.180. The summed E-state index contributed by atoms with van der Waals surface area (Å²) in [5.41, 5.74) is -0.517. The van der Waals surface area contributed by atoms with Gasteiger partial charge < -0.3 is 4.52 Å². The van der Waals surface area contributed by atoms with Crippen molar-refractivity contribution in [1.29, 1.82) is 0 Å². The molecule has 1 fully saturated rings. The van der Waals surface area contributed by atoms with E-state index in [9.17, 15) is 9.36 Å². The highest BCUT2D eigenvalue weighted by Gasteiger charge is 2.39. The van der Waals surface area contributed by atoms with E-state index in [-0.39, 0.29) is 12.7 Å². The Morgan fingerprint density at radius 3 is 2.50 bits per heavy atom. The second-order valence-electron chi connectivity index (χ2n) is 2.23. The molecule has 1 aliphatic rings. The second-order valence-corrected chi connectivity index (χ2v) is 4.32. The molecule has 1 rings (SSSR count). The standard InChI is InChI=1S/C5H9O4P/c1-4-3-8-10(7,9-4)5(2)6/h4H,3H2,1-2H3. The predicted molar refractivity (Wildman–Crippen MR) is 34.8 cm³/mol. The van der Waals surface area contributed by atoms with Crippen LogP contribution in [0, 0.1) is 0 Å². The van der Waals surface area contributed by atoms with Crippen LogP contribution in [0.25, 0.3) is 0 Å². The lowest BCUT2D eigenvalue weighted by atomic mass is 10.5. The third-order valence-electron chi connectivity index (χ3n) is 1.18. The van der Waals surface area contributed by atoms with Crippen molar-refractivity contribution >= 4 is 13.1 Å². The molecular weight excluding hydrogens is 155 g/mol. The Labute approximate surface area is 59.0 Å². The van der Waals surface area contributed by atoms with Crippen LogP contribution in [0.3, 0.4) is 0 Å². The van der Waals surface area contributed by atoms with Crippen molar-refractivity contribution in [3.8, 4) is 0 Å². The average molecular weight is 164 g/mol. The highest BCUT2D eigenvalue weighted by Crippen LogP contribution is 2.54. The zero-order valence-corrected chi connectivity index (χ0v) is 6.76. The molecule has 0 saturated carbocycles. The van der Waals surface area contributed by atoms with Crippen LogP contribution in [0.5, 0.6) is 0 Å². The first-order valence-electron chi connectivity index (χ1n) is 2.99. The van der Waals surface area contributed by atoms with Gasteiger partial charge in [0.15, 0.2) is 0 Å². The summed E-state index contributed by atoms with van der Waals surface area (Å²) in [6, 6.07) is 0. The van der Waals surface area contributed by atoms with Gasteiger partial charge in [-0.05, 0) is 6.92 Å². The van der Waals surface area contributed by atoms with E-state index in [1.807, 2.05) is 0 Å². The van der Waals surface area contributed by atoms with Gasteiger partial charge in [0.25, 0.3) is 0 Å². The Balaban J connectivity index is 2.73. The van der Waals surface area contributed by atoms with Crippen molar-refractivity contribution in [2.45, 2.75) is 20.0 Å². The fraction of sp³-hybridized carbons (Fsp3) is 0.800. The van der Waals surface area contributed by atoms with Crippen molar-refractivity contribution in [3.63, 3.8) is 0 Å². The maximum Gasteiger partial charge on any atom is 0.396 e. The number of rotatable bonds is 1.